The monoisotopic (exact) mass is 459 g/mol. The lowest BCUT2D eigenvalue weighted by atomic mass is 9.88. The zero-order chi connectivity index (χ0) is 23.0. The third kappa shape index (κ3) is 5.68. The number of nitrogens with zero attached hydrogens (tertiary/aromatic N) is 3. The molecule has 1 amide bonds. The Balaban J connectivity index is 1.54. The Morgan fingerprint density at radius 1 is 0.909 bits per heavy atom. The summed E-state index contributed by atoms with van der Waals surface area (Å²) < 4.78 is 5.85. The number of amides is 1. The van der Waals surface area contributed by atoms with E-state index in [4.69, 9.17) is 16.0 Å². The normalized spacial score (nSPS) is 11.0. The fourth-order valence-corrected chi connectivity index (χ4v) is 4.11. The number of carbonyl (C=O) groups excluding carboxylic acids is 1. The van der Waals surface area contributed by atoms with Crippen LogP contribution >= 0.6 is 11.6 Å². The van der Waals surface area contributed by atoms with Gasteiger partial charge >= 0.3 is 0 Å². The minimum atomic E-state index is -0.0272. The van der Waals surface area contributed by atoms with Crippen LogP contribution in [0, 0.1) is 0 Å². The maximum absolute atomic E-state index is 13.4. The molecule has 0 spiro atoms. The quantitative estimate of drug-likeness (QED) is 0.292. The van der Waals surface area contributed by atoms with Crippen LogP contribution in [0.1, 0.15) is 42.7 Å². The van der Waals surface area contributed by atoms with Gasteiger partial charge in [-0.3, -0.25) is 4.79 Å². The molecule has 0 bridgehead atoms. The highest BCUT2D eigenvalue weighted by atomic mass is 35.5. The van der Waals surface area contributed by atoms with E-state index in [0.29, 0.717) is 35.3 Å². The summed E-state index contributed by atoms with van der Waals surface area (Å²) in [6.45, 7) is 2.93. The molecule has 33 heavy (non-hydrogen) atoms. The lowest BCUT2D eigenvalue weighted by Gasteiger charge is -2.24. The molecule has 4 rings (SSSR count). The van der Waals surface area contributed by atoms with Gasteiger partial charge in [-0.25, -0.2) is 0 Å². The summed E-state index contributed by atoms with van der Waals surface area (Å²) >= 11 is 6.26. The molecule has 4 aromatic rings. The average molecular weight is 460 g/mol. The summed E-state index contributed by atoms with van der Waals surface area (Å²) in [6.07, 6.45) is 1.19. The average Bonchev–Trinajstić information content (AvgIpc) is 3.32. The van der Waals surface area contributed by atoms with Crippen molar-refractivity contribution in [2.24, 2.45) is 0 Å². The van der Waals surface area contributed by atoms with Gasteiger partial charge < -0.3 is 9.32 Å². The van der Waals surface area contributed by atoms with Crippen LogP contribution in [0.4, 0.5) is 0 Å². The van der Waals surface area contributed by atoms with Crippen molar-refractivity contribution in [1.29, 1.82) is 0 Å². The van der Waals surface area contributed by atoms with Gasteiger partial charge in [0.1, 0.15) is 0 Å². The Morgan fingerprint density at radius 2 is 1.52 bits per heavy atom. The first-order valence-electron chi connectivity index (χ1n) is 11.1. The minimum Gasteiger partial charge on any atom is -0.419 e. The van der Waals surface area contributed by atoms with E-state index in [2.05, 4.69) is 41.4 Å². The van der Waals surface area contributed by atoms with E-state index in [1.807, 2.05) is 54.6 Å². The molecular weight excluding hydrogens is 434 g/mol. The van der Waals surface area contributed by atoms with Gasteiger partial charge in [-0.1, -0.05) is 91.3 Å². The first-order chi connectivity index (χ1) is 16.2. The van der Waals surface area contributed by atoms with Crippen molar-refractivity contribution >= 4 is 17.5 Å². The second-order valence-electron chi connectivity index (χ2n) is 7.87. The number of carbonyl (C=O) groups is 1. The second-order valence-corrected chi connectivity index (χ2v) is 8.28. The molecule has 0 N–H and O–H groups in total. The molecule has 0 aliphatic rings. The maximum atomic E-state index is 13.4. The number of halogens is 1. The van der Waals surface area contributed by atoms with Crippen molar-refractivity contribution in [3.8, 4) is 11.5 Å². The van der Waals surface area contributed by atoms with Gasteiger partial charge in [0.2, 0.25) is 17.7 Å². The van der Waals surface area contributed by atoms with Gasteiger partial charge in [-0.05, 0) is 29.7 Å². The topological polar surface area (TPSA) is 59.2 Å². The SMILES string of the molecule is CCCN(Cc1nnc(-c2ccccc2Cl)o1)C(=O)CC(c1ccccc1)c1ccccc1. The van der Waals surface area contributed by atoms with Crippen LogP contribution in [-0.4, -0.2) is 27.5 Å². The third-order valence-corrected chi connectivity index (χ3v) is 5.86. The molecule has 168 valence electrons. The molecule has 5 nitrogen and oxygen atoms in total. The summed E-state index contributed by atoms with van der Waals surface area (Å²) in [4.78, 5) is 15.2. The maximum Gasteiger partial charge on any atom is 0.249 e. The summed E-state index contributed by atoms with van der Waals surface area (Å²) in [6, 6.07) is 27.6. The van der Waals surface area contributed by atoms with Crippen LogP contribution in [0.15, 0.2) is 89.3 Å². The summed E-state index contributed by atoms with van der Waals surface area (Å²) in [5.74, 6) is 0.765. The van der Waals surface area contributed by atoms with Crippen LogP contribution in [0.3, 0.4) is 0 Å². The molecule has 0 fully saturated rings. The van der Waals surface area contributed by atoms with Crippen molar-refractivity contribution in [3.05, 3.63) is 107 Å². The lowest BCUT2D eigenvalue weighted by molar-refractivity contribution is -0.132. The van der Waals surface area contributed by atoms with Gasteiger partial charge in [0, 0.05) is 18.9 Å². The number of hydrogen-bond acceptors (Lipinski definition) is 4. The molecule has 0 saturated carbocycles. The standard InChI is InChI=1S/C27H26ClN3O2/c1-2-17-31(19-25-29-30-27(33-25)22-15-9-10-16-24(22)28)26(32)18-23(20-11-5-3-6-12-20)21-13-7-4-8-14-21/h3-16,23H,2,17-19H2,1H3. The zero-order valence-corrected chi connectivity index (χ0v) is 19.3. The summed E-state index contributed by atoms with van der Waals surface area (Å²) in [7, 11) is 0. The van der Waals surface area contributed by atoms with Gasteiger partial charge in [0.15, 0.2) is 0 Å². The van der Waals surface area contributed by atoms with E-state index in [9.17, 15) is 4.79 Å². The molecule has 0 aliphatic heterocycles. The molecule has 0 atom stereocenters. The van der Waals surface area contributed by atoms with Crippen molar-refractivity contribution < 1.29 is 9.21 Å². The van der Waals surface area contributed by atoms with Crippen LogP contribution in [-0.2, 0) is 11.3 Å². The van der Waals surface area contributed by atoms with Gasteiger partial charge in [0.05, 0.1) is 17.1 Å². The highest BCUT2D eigenvalue weighted by molar-refractivity contribution is 6.33. The fourth-order valence-electron chi connectivity index (χ4n) is 3.89. The highest BCUT2D eigenvalue weighted by Gasteiger charge is 2.23. The molecule has 0 saturated heterocycles. The Labute approximate surface area is 199 Å². The number of rotatable bonds is 9. The van der Waals surface area contributed by atoms with E-state index in [0.717, 1.165) is 17.5 Å². The molecular formula is C27H26ClN3O2. The fraction of sp³-hybridized carbons (Fsp3) is 0.222. The smallest absolute Gasteiger partial charge is 0.249 e. The molecule has 0 radical (unpaired) electrons. The van der Waals surface area contributed by atoms with Gasteiger partial charge in [-0.15, -0.1) is 10.2 Å². The Hall–Kier alpha value is -3.44. The van der Waals surface area contributed by atoms with Crippen LogP contribution < -0.4 is 0 Å². The second kappa shape index (κ2) is 10.9. The zero-order valence-electron chi connectivity index (χ0n) is 18.5. The number of hydrogen-bond donors (Lipinski definition) is 0. The molecule has 1 heterocycles. The van der Waals surface area contributed by atoms with Crippen molar-refractivity contribution in [3.63, 3.8) is 0 Å². The molecule has 0 aliphatic carbocycles. The Morgan fingerprint density at radius 3 is 2.12 bits per heavy atom. The van der Waals surface area contributed by atoms with Crippen molar-refractivity contribution in [1.82, 2.24) is 15.1 Å². The van der Waals surface area contributed by atoms with Crippen LogP contribution in [0.5, 0.6) is 0 Å². The molecule has 1 aromatic heterocycles. The lowest BCUT2D eigenvalue weighted by Crippen LogP contribution is -2.32. The highest BCUT2D eigenvalue weighted by Crippen LogP contribution is 2.30. The van der Waals surface area contributed by atoms with E-state index in [-0.39, 0.29) is 18.4 Å². The first kappa shape index (κ1) is 22.7. The largest absolute Gasteiger partial charge is 0.419 e. The van der Waals surface area contributed by atoms with E-state index in [1.54, 1.807) is 11.0 Å². The number of benzene rings is 3. The predicted molar refractivity (Wildman–Crippen MR) is 130 cm³/mol. The predicted octanol–water partition coefficient (Wildman–Crippen LogP) is 6.35. The van der Waals surface area contributed by atoms with E-state index in [1.165, 1.54) is 0 Å². The first-order valence-corrected chi connectivity index (χ1v) is 11.5. The Kier molecular flexibility index (Phi) is 7.53. The minimum absolute atomic E-state index is 0.0272. The van der Waals surface area contributed by atoms with E-state index >= 15 is 0 Å². The van der Waals surface area contributed by atoms with Crippen LogP contribution in [0.25, 0.3) is 11.5 Å². The molecule has 0 unspecified atom stereocenters. The molecule has 3 aromatic carbocycles. The van der Waals surface area contributed by atoms with E-state index < -0.39 is 0 Å². The van der Waals surface area contributed by atoms with Crippen molar-refractivity contribution in [2.75, 3.05) is 6.54 Å². The number of aromatic nitrogens is 2. The van der Waals surface area contributed by atoms with Gasteiger partial charge in [-0.2, -0.15) is 0 Å². The van der Waals surface area contributed by atoms with Crippen molar-refractivity contribution in [2.45, 2.75) is 32.2 Å². The molecule has 6 heteroatoms. The Bertz CT molecular complexity index is 1140. The van der Waals surface area contributed by atoms with Gasteiger partial charge in [0.25, 0.3) is 0 Å². The third-order valence-electron chi connectivity index (χ3n) is 5.53. The summed E-state index contributed by atoms with van der Waals surface area (Å²) in [5.41, 5.74) is 2.92. The summed E-state index contributed by atoms with van der Waals surface area (Å²) in [5, 5.41) is 8.85. The van der Waals surface area contributed by atoms with Crippen LogP contribution in [0.2, 0.25) is 5.02 Å².